The van der Waals surface area contributed by atoms with Crippen LogP contribution in [0.2, 0.25) is 0 Å². The Balaban J connectivity index is 0.00000312. The van der Waals surface area contributed by atoms with Crippen LogP contribution < -0.4 is 17.3 Å². The Kier molecular flexibility index (Phi) is 8.95. The molecule has 0 saturated heterocycles. The van der Waals surface area contributed by atoms with Crippen molar-refractivity contribution in [3.8, 4) is 0 Å². The maximum Gasteiger partial charge on any atom is 1.00 e. The van der Waals surface area contributed by atoms with Gasteiger partial charge in [-0.05, 0) is 51.7 Å². The summed E-state index contributed by atoms with van der Waals surface area (Å²) in [6.45, 7) is 4.04. The van der Waals surface area contributed by atoms with Gasteiger partial charge in [-0.3, -0.25) is 0 Å². The molecular formula is C19H26ClN3O2. The van der Waals surface area contributed by atoms with Crippen LogP contribution in [0.5, 0.6) is 0 Å². The lowest BCUT2D eigenvalue weighted by molar-refractivity contribution is -0.0000236. The van der Waals surface area contributed by atoms with Gasteiger partial charge < -0.3 is 26.9 Å². The van der Waals surface area contributed by atoms with Gasteiger partial charge in [-0.1, -0.05) is 18.2 Å². The molecule has 0 unspecified atom stereocenters. The highest BCUT2D eigenvalue weighted by Crippen LogP contribution is 2.26. The van der Waals surface area contributed by atoms with Crippen molar-refractivity contribution in [1.82, 2.24) is 9.88 Å². The summed E-state index contributed by atoms with van der Waals surface area (Å²) in [6.07, 6.45) is 2.51. The summed E-state index contributed by atoms with van der Waals surface area (Å²) in [5.74, 6) is 0.301. The molecule has 0 aliphatic rings. The Morgan fingerprint density at radius 2 is 1.88 bits per heavy atom. The normalized spacial score (nSPS) is 10.2. The number of carbonyl (C=O) groups is 1. The molecule has 1 aromatic heterocycles. The Morgan fingerprint density at radius 3 is 2.52 bits per heavy atom. The number of halogens is 1. The summed E-state index contributed by atoms with van der Waals surface area (Å²) >= 11 is 0. The zero-order valence-corrected chi connectivity index (χ0v) is 15.7. The van der Waals surface area contributed by atoms with E-state index in [1.165, 1.54) is 0 Å². The van der Waals surface area contributed by atoms with Crippen LogP contribution in [-0.4, -0.2) is 49.6 Å². The first-order chi connectivity index (χ1) is 11.6. The number of ether oxygens (including phenoxy) is 1. The number of carbonyl (C=O) groups excluding carboxylic acids is 1. The first-order valence-electron chi connectivity index (χ1n) is 8.23. The second-order valence-corrected chi connectivity index (χ2v) is 5.75. The zero-order valence-electron chi connectivity index (χ0n) is 16.0. The highest BCUT2D eigenvalue weighted by Gasteiger charge is 2.19. The van der Waals surface area contributed by atoms with Gasteiger partial charge in [0, 0.05) is 25.0 Å². The van der Waals surface area contributed by atoms with Crippen molar-refractivity contribution in [1.29, 1.82) is 0 Å². The lowest BCUT2D eigenvalue weighted by Gasteiger charge is -2.24. The molecule has 0 saturated carbocycles. The maximum atomic E-state index is 12.5. The van der Waals surface area contributed by atoms with Gasteiger partial charge in [0.1, 0.15) is 11.4 Å². The summed E-state index contributed by atoms with van der Waals surface area (Å²) < 4.78 is 5.42. The summed E-state index contributed by atoms with van der Waals surface area (Å²) in [5, 5.41) is 0. The third-order valence-corrected chi connectivity index (χ3v) is 3.63. The standard InChI is InChI=1S/C19H25N3O2.ClH/c1-4-22(16-10-6-5-7-11-16)18-17(12-8-13-20-18)19(23)24-15-9-14-21(2)3;/h5-8,10-13H,4,9,14-15H2,1-3H3;1H. The molecular weight excluding hydrogens is 338 g/mol. The van der Waals surface area contributed by atoms with Crippen LogP contribution in [-0.2, 0) is 4.74 Å². The summed E-state index contributed by atoms with van der Waals surface area (Å²) in [7, 11) is 4.00. The van der Waals surface area contributed by atoms with Crippen LogP contribution in [0.1, 0.15) is 25.1 Å². The molecule has 0 N–H and O–H groups in total. The number of anilines is 2. The number of hydrogen-bond donors (Lipinski definition) is 0. The average Bonchev–Trinajstić information content (AvgIpc) is 2.60. The van der Waals surface area contributed by atoms with Crippen molar-refractivity contribution >= 4 is 17.5 Å². The van der Waals surface area contributed by atoms with E-state index in [1.807, 2.05) is 56.3 Å². The van der Waals surface area contributed by atoms with Gasteiger partial charge in [0.05, 0.1) is 6.61 Å². The molecule has 0 radical (unpaired) electrons. The topological polar surface area (TPSA) is 45.7 Å². The van der Waals surface area contributed by atoms with Gasteiger partial charge in [-0.25, -0.2) is 9.78 Å². The largest absolute Gasteiger partial charge is 1.00 e. The third kappa shape index (κ3) is 6.03. The summed E-state index contributed by atoms with van der Waals surface area (Å²) in [6, 6.07) is 13.5. The maximum absolute atomic E-state index is 12.5. The van der Waals surface area contributed by atoms with Gasteiger partial charge >= 0.3 is 7.40 Å². The molecule has 2 aromatic rings. The van der Waals surface area contributed by atoms with E-state index in [1.54, 1.807) is 18.3 Å². The van der Waals surface area contributed by atoms with Gasteiger partial charge in [0.15, 0.2) is 0 Å². The second-order valence-electron chi connectivity index (χ2n) is 5.75. The average molecular weight is 364 g/mol. The highest BCUT2D eigenvalue weighted by molar-refractivity contribution is 5.95. The van der Waals surface area contributed by atoms with Crippen molar-refractivity contribution in [2.45, 2.75) is 13.3 Å². The lowest BCUT2D eigenvalue weighted by Crippen LogP contribution is -3.00. The molecule has 6 heteroatoms. The van der Waals surface area contributed by atoms with E-state index in [0.29, 0.717) is 24.5 Å². The molecule has 0 spiro atoms. The van der Waals surface area contributed by atoms with E-state index in [9.17, 15) is 4.79 Å². The molecule has 5 nitrogen and oxygen atoms in total. The van der Waals surface area contributed by atoms with Crippen LogP contribution in [0.4, 0.5) is 11.5 Å². The van der Waals surface area contributed by atoms with Gasteiger partial charge in [0.25, 0.3) is 0 Å². The van der Waals surface area contributed by atoms with Crippen LogP contribution in [0.3, 0.4) is 0 Å². The molecule has 136 valence electrons. The zero-order chi connectivity index (χ0) is 17.4. The Hall–Kier alpha value is -2.11. The molecule has 0 amide bonds. The van der Waals surface area contributed by atoms with Crippen molar-refractivity contribution in [2.24, 2.45) is 0 Å². The first kappa shape index (κ1) is 20.9. The number of para-hydroxylation sites is 1. The number of nitrogens with zero attached hydrogens (tertiary/aromatic N) is 3. The third-order valence-electron chi connectivity index (χ3n) is 3.63. The van der Waals surface area contributed by atoms with Crippen LogP contribution in [0.15, 0.2) is 48.7 Å². The van der Waals surface area contributed by atoms with E-state index in [2.05, 4.69) is 9.88 Å². The van der Waals surface area contributed by atoms with Gasteiger partial charge in [-0.2, -0.15) is 0 Å². The Labute approximate surface area is 157 Å². The van der Waals surface area contributed by atoms with E-state index in [0.717, 1.165) is 18.7 Å². The lowest BCUT2D eigenvalue weighted by atomic mass is 10.2. The number of aromatic nitrogens is 1. The number of pyridine rings is 1. The monoisotopic (exact) mass is 363 g/mol. The smallest absolute Gasteiger partial charge is 1.00 e. The molecule has 0 aliphatic carbocycles. The molecule has 1 heterocycles. The van der Waals surface area contributed by atoms with Gasteiger partial charge in [0.2, 0.25) is 0 Å². The van der Waals surface area contributed by atoms with Crippen molar-refractivity contribution < 1.29 is 23.4 Å². The SMILES string of the molecule is CCN(c1ccccc1)c1ncccc1C(=O)OCCCN(C)C.[Cl-].[H+]. The second kappa shape index (κ2) is 10.7. The van der Waals surface area contributed by atoms with E-state index >= 15 is 0 Å². The van der Waals surface area contributed by atoms with Crippen LogP contribution in [0, 0.1) is 0 Å². The predicted octanol–water partition coefficient (Wildman–Crippen LogP) is 0.465. The van der Waals surface area contributed by atoms with E-state index < -0.39 is 0 Å². The minimum atomic E-state index is -0.328. The Bertz CT molecular complexity index is 656. The molecule has 0 atom stereocenters. The quantitative estimate of drug-likeness (QED) is 0.504. The number of hydrogen-bond acceptors (Lipinski definition) is 5. The fourth-order valence-corrected chi connectivity index (χ4v) is 2.46. The Morgan fingerprint density at radius 1 is 1.16 bits per heavy atom. The first-order valence-corrected chi connectivity index (χ1v) is 8.23. The number of benzene rings is 1. The minimum absolute atomic E-state index is 0. The molecule has 2 rings (SSSR count). The van der Waals surface area contributed by atoms with Crippen molar-refractivity contribution in [3.63, 3.8) is 0 Å². The fourth-order valence-electron chi connectivity index (χ4n) is 2.46. The van der Waals surface area contributed by atoms with E-state index in [-0.39, 0.29) is 19.8 Å². The van der Waals surface area contributed by atoms with Crippen molar-refractivity contribution in [3.05, 3.63) is 54.2 Å². The van der Waals surface area contributed by atoms with Crippen molar-refractivity contribution in [2.75, 3.05) is 38.7 Å². The summed E-state index contributed by atoms with van der Waals surface area (Å²) in [5.41, 5.74) is 1.49. The molecule has 0 bridgehead atoms. The number of esters is 1. The van der Waals surface area contributed by atoms with E-state index in [4.69, 9.17) is 4.74 Å². The number of rotatable bonds is 8. The van der Waals surface area contributed by atoms with Crippen LogP contribution in [0.25, 0.3) is 0 Å². The van der Waals surface area contributed by atoms with Crippen LogP contribution >= 0.6 is 0 Å². The van der Waals surface area contributed by atoms with Gasteiger partial charge in [-0.15, -0.1) is 0 Å². The predicted molar refractivity (Wildman–Crippen MR) is 97.9 cm³/mol. The molecule has 0 aliphatic heterocycles. The highest BCUT2D eigenvalue weighted by atomic mass is 35.5. The fraction of sp³-hybridized carbons (Fsp3) is 0.368. The molecule has 1 aromatic carbocycles. The molecule has 0 fully saturated rings. The minimum Gasteiger partial charge on any atom is -1.00 e. The molecule has 25 heavy (non-hydrogen) atoms. The summed E-state index contributed by atoms with van der Waals surface area (Å²) in [4.78, 5) is 21.0.